The van der Waals surface area contributed by atoms with E-state index in [-0.39, 0.29) is 6.04 Å². The van der Waals surface area contributed by atoms with Gasteiger partial charge in [-0.25, -0.2) is 0 Å². The standard InChI is InChI=1S/C13H17ClN4S/c1-8(11-5-6-12(14)19-11)15-7-13-17-16-9(2)18(13)10-3-4-10/h5-6,8,10,15H,3-4,7H2,1-2H3/t8-/m0/s1. The monoisotopic (exact) mass is 296 g/mol. The van der Waals surface area contributed by atoms with Gasteiger partial charge >= 0.3 is 0 Å². The number of nitrogens with zero attached hydrogens (tertiary/aromatic N) is 3. The van der Waals surface area contributed by atoms with Crippen molar-refractivity contribution in [3.05, 3.63) is 33.0 Å². The third-order valence-electron chi connectivity index (χ3n) is 3.44. The predicted octanol–water partition coefficient (Wildman–Crippen LogP) is 3.49. The van der Waals surface area contributed by atoms with Crippen LogP contribution in [0, 0.1) is 6.92 Å². The number of rotatable bonds is 5. The number of nitrogens with one attached hydrogen (secondary N) is 1. The van der Waals surface area contributed by atoms with Crippen molar-refractivity contribution in [3.63, 3.8) is 0 Å². The maximum Gasteiger partial charge on any atom is 0.147 e. The molecule has 0 aliphatic heterocycles. The summed E-state index contributed by atoms with van der Waals surface area (Å²) < 4.78 is 3.10. The summed E-state index contributed by atoms with van der Waals surface area (Å²) in [6, 6.07) is 4.92. The third kappa shape index (κ3) is 2.83. The van der Waals surface area contributed by atoms with Gasteiger partial charge in [0.1, 0.15) is 11.6 Å². The van der Waals surface area contributed by atoms with Gasteiger partial charge in [0, 0.05) is 17.0 Å². The van der Waals surface area contributed by atoms with Crippen LogP contribution in [0.4, 0.5) is 0 Å². The summed E-state index contributed by atoms with van der Waals surface area (Å²) in [5.74, 6) is 2.06. The molecular formula is C13H17ClN4S. The Morgan fingerprint density at radius 3 is 2.89 bits per heavy atom. The molecule has 6 heteroatoms. The zero-order chi connectivity index (χ0) is 13.4. The zero-order valence-electron chi connectivity index (χ0n) is 11.1. The van der Waals surface area contributed by atoms with E-state index >= 15 is 0 Å². The van der Waals surface area contributed by atoms with E-state index in [4.69, 9.17) is 11.6 Å². The number of aryl methyl sites for hydroxylation is 1. The van der Waals surface area contributed by atoms with Gasteiger partial charge in [-0.1, -0.05) is 11.6 Å². The van der Waals surface area contributed by atoms with Crippen molar-refractivity contribution in [3.8, 4) is 0 Å². The van der Waals surface area contributed by atoms with Crippen LogP contribution in [-0.2, 0) is 6.54 Å². The van der Waals surface area contributed by atoms with Crippen molar-refractivity contribution in [1.82, 2.24) is 20.1 Å². The van der Waals surface area contributed by atoms with Gasteiger partial charge in [-0.15, -0.1) is 21.5 Å². The number of halogens is 1. The molecule has 2 aromatic rings. The summed E-state index contributed by atoms with van der Waals surface area (Å²) in [5, 5.41) is 12.0. The Labute approximate surface area is 121 Å². The Morgan fingerprint density at radius 1 is 1.47 bits per heavy atom. The van der Waals surface area contributed by atoms with Crippen LogP contribution in [0.1, 0.15) is 48.4 Å². The molecule has 4 nitrogen and oxygen atoms in total. The Hall–Kier alpha value is -0.910. The van der Waals surface area contributed by atoms with Crippen molar-refractivity contribution >= 4 is 22.9 Å². The SMILES string of the molecule is Cc1nnc(CN[C@@H](C)c2ccc(Cl)s2)n1C1CC1. The molecule has 0 aromatic carbocycles. The van der Waals surface area contributed by atoms with Crippen LogP contribution in [0.5, 0.6) is 0 Å². The van der Waals surface area contributed by atoms with Crippen molar-refractivity contribution in [2.24, 2.45) is 0 Å². The molecule has 19 heavy (non-hydrogen) atoms. The van der Waals surface area contributed by atoms with E-state index in [9.17, 15) is 0 Å². The molecule has 1 aliphatic rings. The maximum atomic E-state index is 5.96. The van der Waals surface area contributed by atoms with Gasteiger partial charge in [-0.05, 0) is 38.8 Å². The molecular weight excluding hydrogens is 280 g/mol. The molecule has 1 saturated carbocycles. The van der Waals surface area contributed by atoms with Crippen LogP contribution in [0.15, 0.2) is 12.1 Å². The molecule has 2 aromatic heterocycles. The Morgan fingerprint density at radius 2 is 2.26 bits per heavy atom. The highest BCUT2D eigenvalue weighted by Gasteiger charge is 2.28. The lowest BCUT2D eigenvalue weighted by molar-refractivity contribution is 0.540. The fraction of sp³-hybridized carbons (Fsp3) is 0.538. The van der Waals surface area contributed by atoms with Gasteiger partial charge < -0.3 is 9.88 Å². The third-order valence-corrected chi connectivity index (χ3v) is 4.85. The molecule has 1 N–H and O–H groups in total. The summed E-state index contributed by atoms with van der Waals surface area (Å²) in [4.78, 5) is 1.25. The van der Waals surface area contributed by atoms with Crippen molar-refractivity contribution in [1.29, 1.82) is 0 Å². The number of hydrogen-bond donors (Lipinski definition) is 1. The molecule has 102 valence electrons. The molecule has 0 unspecified atom stereocenters. The average Bonchev–Trinajstić information content (AvgIpc) is 3.02. The Bertz CT molecular complexity index is 573. The lowest BCUT2D eigenvalue weighted by Crippen LogP contribution is -2.20. The maximum absolute atomic E-state index is 5.96. The second-order valence-corrected chi connectivity index (χ2v) is 6.76. The van der Waals surface area contributed by atoms with E-state index in [0.717, 1.165) is 22.5 Å². The number of aromatic nitrogens is 3. The van der Waals surface area contributed by atoms with Crippen LogP contribution in [0.3, 0.4) is 0 Å². The number of hydrogen-bond acceptors (Lipinski definition) is 4. The lowest BCUT2D eigenvalue weighted by atomic mass is 10.3. The first-order valence-corrected chi connectivity index (χ1v) is 7.73. The summed E-state index contributed by atoms with van der Waals surface area (Å²) >= 11 is 7.58. The van der Waals surface area contributed by atoms with E-state index in [1.54, 1.807) is 11.3 Å². The highest BCUT2D eigenvalue weighted by molar-refractivity contribution is 7.16. The summed E-state index contributed by atoms with van der Waals surface area (Å²) in [7, 11) is 0. The molecule has 1 fully saturated rings. The van der Waals surface area contributed by atoms with E-state index in [1.165, 1.54) is 17.7 Å². The first kappa shape index (κ1) is 13.1. The molecule has 1 aliphatic carbocycles. The average molecular weight is 297 g/mol. The van der Waals surface area contributed by atoms with Gasteiger partial charge in [0.05, 0.1) is 10.9 Å². The highest BCUT2D eigenvalue weighted by Crippen LogP contribution is 2.36. The molecule has 0 saturated heterocycles. The van der Waals surface area contributed by atoms with Crippen LogP contribution >= 0.6 is 22.9 Å². The zero-order valence-corrected chi connectivity index (χ0v) is 12.6. The van der Waals surface area contributed by atoms with E-state index in [2.05, 4.69) is 33.1 Å². The van der Waals surface area contributed by atoms with Gasteiger partial charge in [-0.3, -0.25) is 0 Å². The summed E-state index contributed by atoms with van der Waals surface area (Å²) in [5.41, 5.74) is 0. The molecule has 0 spiro atoms. The van der Waals surface area contributed by atoms with Crippen molar-refractivity contribution < 1.29 is 0 Å². The van der Waals surface area contributed by atoms with Crippen LogP contribution in [0.2, 0.25) is 4.34 Å². The Balaban J connectivity index is 1.66. The molecule has 3 rings (SSSR count). The molecule has 0 amide bonds. The molecule has 0 radical (unpaired) electrons. The van der Waals surface area contributed by atoms with Gasteiger partial charge in [0.2, 0.25) is 0 Å². The first-order chi connectivity index (χ1) is 9.15. The minimum atomic E-state index is 0.280. The van der Waals surface area contributed by atoms with Gasteiger partial charge in [-0.2, -0.15) is 0 Å². The van der Waals surface area contributed by atoms with Gasteiger partial charge in [0.25, 0.3) is 0 Å². The highest BCUT2D eigenvalue weighted by atomic mass is 35.5. The second kappa shape index (κ2) is 5.23. The van der Waals surface area contributed by atoms with Crippen LogP contribution in [0.25, 0.3) is 0 Å². The van der Waals surface area contributed by atoms with E-state index in [1.807, 2.05) is 13.0 Å². The van der Waals surface area contributed by atoms with Crippen molar-refractivity contribution in [2.45, 2.75) is 45.3 Å². The summed E-state index contributed by atoms with van der Waals surface area (Å²) in [6.07, 6.45) is 2.50. The minimum absolute atomic E-state index is 0.280. The first-order valence-electron chi connectivity index (χ1n) is 6.54. The molecule has 1 atom stereocenters. The normalized spacial score (nSPS) is 16.8. The Kier molecular flexibility index (Phi) is 3.60. The molecule has 2 heterocycles. The number of thiophene rings is 1. The molecule has 0 bridgehead atoms. The van der Waals surface area contributed by atoms with Crippen LogP contribution < -0.4 is 5.32 Å². The van der Waals surface area contributed by atoms with Gasteiger partial charge in [0.15, 0.2) is 0 Å². The quantitative estimate of drug-likeness (QED) is 0.918. The topological polar surface area (TPSA) is 42.7 Å². The van der Waals surface area contributed by atoms with Crippen LogP contribution in [-0.4, -0.2) is 14.8 Å². The largest absolute Gasteiger partial charge is 0.311 e. The van der Waals surface area contributed by atoms with E-state index in [0.29, 0.717) is 6.04 Å². The lowest BCUT2D eigenvalue weighted by Gasteiger charge is -2.12. The summed E-state index contributed by atoms with van der Waals surface area (Å²) in [6.45, 7) is 4.91. The fourth-order valence-corrected chi connectivity index (χ4v) is 3.34. The predicted molar refractivity (Wildman–Crippen MR) is 77.6 cm³/mol. The fourth-order valence-electron chi connectivity index (χ4n) is 2.25. The van der Waals surface area contributed by atoms with Crippen molar-refractivity contribution in [2.75, 3.05) is 0 Å². The van der Waals surface area contributed by atoms with E-state index < -0.39 is 0 Å². The second-order valence-electron chi connectivity index (χ2n) is 5.01. The smallest absolute Gasteiger partial charge is 0.147 e. The minimum Gasteiger partial charge on any atom is -0.311 e.